The Bertz CT molecular complexity index is 705. The first-order valence-electron chi connectivity index (χ1n) is 14.0. The maximum absolute atomic E-state index is 12.7. The first kappa shape index (κ1) is 31.6. The van der Waals surface area contributed by atoms with E-state index in [0.29, 0.717) is 32.7 Å². The van der Waals surface area contributed by atoms with Gasteiger partial charge >= 0.3 is 0 Å². The van der Waals surface area contributed by atoms with Crippen molar-refractivity contribution in [3.8, 4) is 0 Å². The van der Waals surface area contributed by atoms with Gasteiger partial charge in [-0.3, -0.25) is 24.2 Å². The van der Waals surface area contributed by atoms with E-state index >= 15 is 0 Å². The average molecular weight is 527 g/mol. The third-order valence-electron chi connectivity index (χ3n) is 7.60. The number of nitrogens with zero attached hydrogens (tertiary/aromatic N) is 2. The number of nitrogens with two attached hydrogens (primary N) is 2. The fourth-order valence-electron chi connectivity index (χ4n) is 4.76. The van der Waals surface area contributed by atoms with E-state index in [4.69, 9.17) is 20.9 Å². The Morgan fingerprint density at radius 2 is 1.62 bits per heavy atom. The van der Waals surface area contributed by atoms with E-state index < -0.39 is 12.1 Å². The Hall–Kier alpha value is -1.63. The number of amides is 2. The van der Waals surface area contributed by atoms with Gasteiger partial charge in [-0.15, -0.1) is 0 Å². The number of nitrogens with one attached hydrogen (secondary N) is 2. The lowest BCUT2D eigenvalue weighted by Gasteiger charge is -2.35. The van der Waals surface area contributed by atoms with Crippen molar-refractivity contribution < 1.29 is 23.9 Å². The smallest absolute Gasteiger partial charge is 0.237 e. The maximum atomic E-state index is 12.7. The van der Waals surface area contributed by atoms with E-state index in [9.17, 15) is 14.4 Å². The van der Waals surface area contributed by atoms with Crippen molar-refractivity contribution in [2.24, 2.45) is 23.3 Å². The van der Waals surface area contributed by atoms with Crippen LogP contribution in [-0.4, -0.2) is 118 Å². The minimum Gasteiger partial charge on any atom is -0.379 e. The Kier molecular flexibility index (Phi) is 14.6. The van der Waals surface area contributed by atoms with Crippen LogP contribution in [0, 0.1) is 11.8 Å². The van der Waals surface area contributed by atoms with Gasteiger partial charge in [0.25, 0.3) is 0 Å². The predicted octanol–water partition coefficient (Wildman–Crippen LogP) is -0.672. The van der Waals surface area contributed by atoms with Crippen molar-refractivity contribution in [2.45, 2.75) is 64.6 Å². The fraction of sp³-hybridized carbons (Fsp3) is 0.885. The van der Waals surface area contributed by atoms with Crippen LogP contribution in [0.25, 0.3) is 0 Å². The number of carbonyl (C=O) groups is 3. The molecule has 5 unspecified atom stereocenters. The van der Waals surface area contributed by atoms with Crippen LogP contribution < -0.4 is 22.1 Å². The molecule has 6 N–H and O–H groups in total. The van der Waals surface area contributed by atoms with Crippen LogP contribution >= 0.6 is 0 Å². The van der Waals surface area contributed by atoms with Gasteiger partial charge in [0.2, 0.25) is 11.8 Å². The molecule has 11 heteroatoms. The molecule has 2 heterocycles. The largest absolute Gasteiger partial charge is 0.379 e. The van der Waals surface area contributed by atoms with Crippen LogP contribution in [0.3, 0.4) is 0 Å². The zero-order valence-electron chi connectivity index (χ0n) is 23.1. The number of Topliss-reactive ketones (excluding diaryl/α,β-unsaturated/α-hetero) is 1. The molecule has 2 rings (SSSR count). The van der Waals surface area contributed by atoms with Crippen molar-refractivity contribution in [1.29, 1.82) is 0 Å². The van der Waals surface area contributed by atoms with E-state index in [1.54, 1.807) is 0 Å². The van der Waals surface area contributed by atoms with Crippen molar-refractivity contribution in [3.05, 3.63) is 0 Å². The van der Waals surface area contributed by atoms with Gasteiger partial charge in [0.15, 0.2) is 5.78 Å². The lowest BCUT2D eigenvalue weighted by atomic mass is 9.90. The van der Waals surface area contributed by atoms with Gasteiger partial charge in [-0.25, -0.2) is 0 Å². The molecular weight excluding hydrogens is 476 g/mol. The Morgan fingerprint density at radius 1 is 0.946 bits per heavy atom. The second kappa shape index (κ2) is 17.1. The minimum absolute atomic E-state index is 0.0128. The summed E-state index contributed by atoms with van der Waals surface area (Å²) >= 11 is 0. The van der Waals surface area contributed by atoms with Gasteiger partial charge < -0.3 is 31.6 Å². The van der Waals surface area contributed by atoms with Crippen LogP contribution in [0.4, 0.5) is 0 Å². The maximum Gasteiger partial charge on any atom is 0.237 e. The second-order valence-corrected chi connectivity index (χ2v) is 10.4. The highest BCUT2D eigenvalue weighted by molar-refractivity contribution is 5.89. The van der Waals surface area contributed by atoms with E-state index in [1.807, 2.05) is 25.7 Å². The van der Waals surface area contributed by atoms with E-state index in [0.717, 1.165) is 52.1 Å². The summed E-state index contributed by atoms with van der Waals surface area (Å²) in [6.45, 7) is 12.9. The molecule has 0 aromatic rings. The van der Waals surface area contributed by atoms with E-state index in [1.165, 1.54) is 0 Å². The lowest BCUT2D eigenvalue weighted by molar-refractivity contribution is -0.128. The van der Waals surface area contributed by atoms with Crippen LogP contribution in [0.5, 0.6) is 0 Å². The van der Waals surface area contributed by atoms with Crippen molar-refractivity contribution in [2.75, 3.05) is 72.2 Å². The molecule has 2 saturated heterocycles. The standard InChI is InChI=1S/C26H50N6O5/c1-4-19(3)23(27)25(34)30-16-21(33)17-32-11-14-37-22(18-32)15-20(5-2)24(28)26(35)29-7-6-8-31-9-12-36-13-10-31/h19-20,22-24H,4-18,27-28H2,1-3H3,(H,29,35)(H,30,34). The Balaban J connectivity index is 1.70. The average Bonchev–Trinajstić information content (AvgIpc) is 2.92. The zero-order chi connectivity index (χ0) is 27.2. The molecule has 2 fully saturated rings. The summed E-state index contributed by atoms with van der Waals surface area (Å²) in [5, 5.41) is 5.66. The number of morpholine rings is 2. The highest BCUT2D eigenvalue weighted by Crippen LogP contribution is 2.20. The zero-order valence-corrected chi connectivity index (χ0v) is 23.1. The van der Waals surface area contributed by atoms with Crippen molar-refractivity contribution in [1.82, 2.24) is 20.4 Å². The first-order chi connectivity index (χ1) is 17.7. The number of carbonyl (C=O) groups excluding carboxylic acids is 3. The second-order valence-electron chi connectivity index (χ2n) is 10.4. The highest BCUT2D eigenvalue weighted by Gasteiger charge is 2.30. The topological polar surface area (TPSA) is 152 Å². The van der Waals surface area contributed by atoms with Gasteiger partial charge in [-0.1, -0.05) is 33.6 Å². The minimum atomic E-state index is -0.609. The van der Waals surface area contributed by atoms with Crippen LogP contribution in [0.15, 0.2) is 0 Å². The van der Waals surface area contributed by atoms with Crippen LogP contribution in [0.1, 0.15) is 46.5 Å². The predicted molar refractivity (Wildman–Crippen MR) is 143 cm³/mol. The van der Waals surface area contributed by atoms with Gasteiger partial charge in [0.1, 0.15) is 0 Å². The van der Waals surface area contributed by atoms with E-state index in [-0.39, 0.29) is 48.6 Å². The van der Waals surface area contributed by atoms with Gasteiger partial charge in [0, 0.05) is 32.7 Å². The van der Waals surface area contributed by atoms with E-state index in [2.05, 4.69) is 15.5 Å². The van der Waals surface area contributed by atoms with Gasteiger partial charge in [-0.2, -0.15) is 0 Å². The summed E-state index contributed by atoms with van der Waals surface area (Å²) in [6, 6.07) is -1.21. The highest BCUT2D eigenvalue weighted by atomic mass is 16.5. The molecule has 0 saturated carbocycles. The first-order valence-corrected chi connectivity index (χ1v) is 14.0. The quantitative estimate of drug-likeness (QED) is 0.192. The molecule has 0 radical (unpaired) electrons. The molecule has 214 valence electrons. The fourth-order valence-corrected chi connectivity index (χ4v) is 4.76. The molecule has 2 amide bonds. The number of hydrogen-bond acceptors (Lipinski definition) is 9. The molecule has 0 bridgehead atoms. The number of hydrogen-bond donors (Lipinski definition) is 4. The summed E-state index contributed by atoms with van der Waals surface area (Å²) in [5.41, 5.74) is 12.3. The van der Waals surface area contributed by atoms with Gasteiger partial charge in [-0.05, 0) is 31.2 Å². The van der Waals surface area contributed by atoms with Crippen LogP contribution in [-0.2, 0) is 23.9 Å². The Labute approximate surface area is 222 Å². The summed E-state index contributed by atoms with van der Waals surface area (Å²) < 4.78 is 11.3. The molecule has 2 aliphatic rings. The molecule has 0 aromatic carbocycles. The third kappa shape index (κ3) is 11.3. The molecule has 0 aromatic heterocycles. The molecule has 2 aliphatic heterocycles. The normalized spacial score (nSPS) is 22.6. The summed E-state index contributed by atoms with van der Waals surface area (Å²) in [7, 11) is 0. The lowest BCUT2D eigenvalue weighted by Crippen LogP contribution is -2.51. The Morgan fingerprint density at radius 3 is 2.30 bits per heavy atom. The number of ether oxygens (including phenoxy) is 2. The SMILES string of the molecule is CCC(C)C(N)C(=O)NCC(=O)CN1CCOC(CC(CC)C(N)C(=O)NCCCN2CCOCC2)C1. The molecule has 37 heavy (non-hydrogen) atoms. The summed E-state index contributed by atoms with van der Waals surface area (Å²) in [4.78, 5) is 41.7. The van der Waals surface area contributed by atoms with Crippen LogP contribution in [0.2, 0.25) is 0 Å². The molecule has 11 nitrogen and oxygen atoms in total. The molecule has 0 spiro atoms. The third-order valence-corrected chi connectivity index (χ3v) is 7.60. The summed E-state index contributed by atoms with van der Waals surface area (Å²) in [6.07, 6.45) is 3.01. The van der Waals surface area contributed by atoms with Gasteiger partial charge in [0.05, 0.1) is 51.1 Å². The monoisotopic (exact) mass is 526 g/mol. The number of rotatable bonds is 16. The molecule has 0 aliphatic carbocycles. The molecule has 5 atom stereocenters. The summed E-state index contributed by atoms with van der Waals surface area (Å²) in [5.74, 6) is -0.429. The number of ketones is 1. The molecular formula is C26H50N6O5. The van der Waals surface area contributed by atoms with Crippen molar-refractivity contribution >= 4 is 17.6 Å². The van der Waals surface area contributed by atoms with Crippen molar-refractivity contribution in [3.63, 3.8) is 0 Å².